The second kappa shape index (κ2) is 15.3. The Morgan fingerprint density at radius 2 is 1.67 bits per heavy atom. The van der Waals surface area contributed by atoms with E-state index >= 15 is 0 Å². The molecule has 2 heterocycles. The van der Waals surface area contributed by atoms with Crippen molar-refractivity contribution in [1.29, 1.82) is 0 Å². The minimum Gasteiger partial charge on any atom is -0.480 e. The standard InChI is InChI=1S/C37H44N4O7S/c1-26(42)40-32(24-28-11-10-21-38-25-28)34(43)41(33(40)29-12-4-3-5-13-29)30-16-14-27(15-17-30)23-31(35(44)45)39-36(46)37(18-6-7-19-37)20-8-9-22-49(2,47)48/h3-5,10-17,21,25,31-33H,6-9,18-20,22-24H2,1-2H3,(H,39,46)(H,44,45)/t31-,32?,33?/m0/s1. The number of pyridine rings is 1. The highest BCUT2D eigenvalue weighted by Crippen LogP contribution is 2.43. The van der Waals surface area contributed by atoms with Gasteiger partial charge >= 0.3 is 5.97 Å². The topological polar surface area (TPSA) is 154 Å². The van der Waals surface area contributed by atoms with Gasteiger partial charge in [-0.25, -0.2) is 13.2 Å². The molecule has 3 amide bonds. The SMILES string of the molecule is CC(=O)N1C(Cc2cccnc2)C(=O)N(c2ccc(C[C@H](NC(=O)C3(CCCCS(C)(=O)=O)CCCC3)C(=O)O)cc2)C1c1ccccc1. The molecular formula is C37H44N4O7S. The lowest BCUT2D eigenvalue weighted by molar-refractivity contribution is -0.144. The Bertz CT molecular complexity index is 1740. The van der Waals surface area contributed by atoms with Crippen molar-refractivity contribution in [2.24, 2.45) is 5.41 Å². The molecule has 12 heteroatoms. The van der Waals surface area contributed by atoms with E-state index in [-0.39, 0.29) is 29.9 Å². The van der Waals surface area contributed by atoms with Gasteiger partial charge in [0.1, 0.15) is 28.1 Å². The van der Waals surface area contributed by atoms with E-state index < -0.39 is 39.5 Å². The molecule has 49 heavy (non-hydrogen) atoms. The quantitative estimate of drug-likeness (QED) is 0.235. The summed E-state index contributed by atoms with van der Waals surface area (Å²) in [4.78, 5) is 60.6. The van der Waals surface area contributed by atoms with Crippen LogP contribution in [0, 0.1) is 5.41 Å². The molecule has 1 aliphatic carbocycles. The van der Waals surface area contributed by atoms with Crippen LogP contribution in [0.5, 0.6) is 0 Å². The van der Waals surface area contributed by atoms with Crippen molar-refractivity contribution in [2.45, 2.75) is 83.0 Å². The molecule has 260 valence electrons. The van der Waals surface area contributed by atoms with Crippen molar-refractivity contribution in [3.05, 3.63) is 95.8 Å². The summed E-state index contributed by atoms with van der Waals surface area (Å²) in [6, 6.07) is 18.1. The molecule has 2 aliphatic rings. The zero-order valence-electron chi connectivity index (χ0n) is 28.0. The molecular weight excluding hydrogens is 644 g/mol. The predicted molar refractivity (Wildman–Crippen MR) is 185 cm³/mol. The maximum atomic E-state index is 14.1. The first-order chi connectivity index (χ1) is 23.4. The number of aliphatic carboxylic acids is 1. The summed E-state index contributed by atoms with van der Waals surface area (Å²) in [5, 5.41) is 12.9. The Balaban J connectivity index is 1.35. The zero-order valence-corrected chi connectivity index (χ0v) is 28.8. The molecule has 1 saturated carbocycles. The highest BCUT2D eigenvalue weighted by atomic mass is 32.2. The van der Waals surface area contributed by atoms with Crippen LogP contribution in [0.4, 0.5) is 5.69 Å². The molecule has 3 aromatic rings. The van der Waals surface area contributed by atoms with Gasteiger partial charge in [0.2, 0.25) is 11.8 Å². The first kappa shape index (κ1) is 35.7. The zero-order chi connectivity index (χ0) is 35.2. The van der Waals surface area contributed by atoms with E-state index in [1.54, 1.807) is 52.5 Å². The molecule has 0 radical (unpaired) electrons. The molecule has 1 saturated heterocycles. The molecule has 0 spiro atoms. The fraction of sp³-hybridized carbons (Fsp3) is 0.432. The molecule has 0 bridgehead atoms. The van der Waals surface area contributed by atoms with E-state index in [1.165, 1.54) is 13.2 Å². The number of unbranched alkanes of at least 4 members (excludes halogenated alkanes) is 1. The molecule has 11 nitrogen and oxygen atoms in total. The number of rotatable bonds is 14. The van der Waals surface area contributed by atoms with Gasteiger partial charge in [0, 0.05) is 55.3 Å². The van der Waals surface area contributed by atoms with Gasteiger partial charge in [-0.05, 0) is 60.6 Å². The Kier molecular flexibility index (Phi) is 11.2. The lowest BCUT2D eigenvalue weighted by Crippen LogP contribution is -2.48. The lowest BCUT2D eigenvalue weighted by atomic mass is 9.80. The van der Waals surface area contributed by atoms with Gasteiger partial charge in [0.05, 0.1) is 0 Å². The number of nitrogens with one attached hydrogen (secondary N) is 1. The van der Waals surface area contributed by atoms with E-state index in [1.807, 2.05) is 36.4 Å². The van der Waals surface area contributed by atoms with Crippen molar-refractivity contribution in [2.75, 3.05) is 16.9 Å². The second-order valence-electron chi connectivity index (χ2n) is 13.3. The minimum absolute atomic E-state index is 0.0325. The Morgan fingerprint density at radius 3 is 2.27 bits per heavy atom. The van der Waals surface area contributed by atoms with E-state index in [9.17, 15) is 32.7 Å². The minimum atomic E-state index is -3.10. The van der Waals surface area contributed by atoms with Crippen molar-refractivity contribution >= 4 is 39.2 Å². The molecule has 2 aromatic carbocycles. The average molecular weight is 689 g/mol. The van der Waals surface area contributed by atoms with Gasteiger partial charge in [-0.1, -0.05) is 67.8 Å². The van der Waals surface area contributed by atoms with Crippen LogP contribution >= 0.6 is 0 Å². The number of nitrogens with zero attached hydrogens (tertiary/aromatic N) is 3. The van der Waals surface area contributed by atoms with Crippen LogP contribution in [-0.4, -0.2) is 71.2 Å². The summed E-state index contributed by atoms with van der Waals surface area (Å²) in [6.45, 7) is 1.46. The van der Waals surface area contributed by atoms with Crippen molar-refractivity contribution in [1.82, 2.24) is 15.2 Å². The number of aromatic nitrogens is 1. The maximum absolute atomic E-state index is 14.1. The van der Waals surface area contributed by atoms with Gasteiger partial charge in [-0.15, -0.1) is 0 Å². The number of anilines is 1. The molecule has 2 N–H and O–H groups in total. The smallest absolute Gasteiger partial charge is 0.326 e. The molecule has 1 aromatic heterocycles. The summed E-state index contributed by atoms with van der Waals surface area (Å²) < 4.78 is 23.1. The van der Waals surface area contributed by atoms with Gasteiger partial charge in [0.25, 0.3) is 5.91 Å². The Morgan fingerprint density at radius 1 is 0.980 bits per heavy atom. The van der Waals surface area contributed by atoms with Gasteiger partial charge in [0.15, 0.2) is 0 Å². The molecule has 2 unspecified atom stereocenters. The van der Waals surface area contributed by atoms with E-state index in [0.717, 1.165) is 24.0 Å². The van der Waals surface area contributed by atoms with E-state index in [0.29, 0.717) is 49.8 Å². The molecule has 2 fully saturated rings. The van der Waals surface area contributed by atoms with E-state index in [2.05, 4.69) is 10.3 Å². The third kappa shape index (κ3) is 8.54. The third-order valence-corrected chi connectivity index (χ3v) is 10.7. The second-order valence-corrected chi connectivity index (χ2v) is 15.6. The third-order valence-electron chi connectivity index (χ3n) is 9.70. The van der Waals surface area contributed by atoms with Crippen LogP contribution in [0.2, 0.25) is 0 Å². The number of carboxylic acid groups (broad SMARTS) is 1. The van der Waals surface area contributed by atoms with Crippen molar-refractivity contribution in [3.63, 3.8) is 0 Å². The predicted octanol–water partition coefficient (Wildman–Crippen LogP) is 4.47. The van der Waals surface area contributed by atoms with Gasteiger partial charge < -0.3 is 15.3 Å². The van der Waals surface area contributed by atoms with Gasteiger partial charge in [-0.2, -0.15) is 0 Å². The lowest BCUT2D eigenvalue weighted by Gasteiger charge is -2.31. The largest absolute Gasteiger partial charge is 0.480 e. The number of hydrogen-bond acceptors (Lipinski definition) is 7. The maximum Gasteiger partial charge on any atom is 0.326 e. The monoisotopic (exact) mass is 688 g/mol. The fourth-order valence-electron chi connectivity index (χ4n) is 7.23. The number of hydrogen-bond donors (Lipinski definition) is 2. The number of amides is 3. The highest BCUT2D eigenvalue weighted by Gasteiger charge is 2.49. The number of carbonyl (C=O) groups excluding carboxylic acids is 3. The molecule has 5 rings (SSSR count). The number of carboxylic acids is 1. The number of benzene rings is 2. The number of sulfone groups is 1. The number of carbonyl (C=O) groups is 4. The van der Waals surface area contributed by atoms with E-state index in [4.69, 9.17) is 0 Å². The normalized spacial score (nSPS) is 19.5. The van der Waals surface area contributed by atoms with Crippen LogP contribution < -0.4 is 10.2 Å². The summed E-state index contributed by atoms with van der Waals surface area (Å²) in [5.41, 5.74) is 2.11. The summed E-state index contributed by atoms with van der Waals surface area (Å²) in [5.74, 6) is -1.88. The Labute approximate surface area is 287 Å². The van der Waals surface area contributed by atoms with Crippen molar-refractivity contribution < 1.29 is 32.7 Å². The molecule has 1 aliphatic heterocycles. The Hall–Kier alpha value is -4.58. The summed E-state index contributed by atoms with van der Waals surface area (Å²) >= 11 is 0. The first-order valence-corrected chi connectivity index (χ1v) is 18.8. The van der Waals surface area contributed by atoms with Crippen molar-refractivity contribution in [3.8, 4) is 0 Å². The first-order valence-electron chi connectivity index (χ1n) is 16.7. The van der Waals surface area contributed by atoms with Crippen LogP contribution in [-0.2, 0) is 41.9 Å². The summed E-state index contributed by atoms with van der Waals surface area (Å²) in [6.07, 6.45) is 8.73. The van der Waals surface area contributed by atoms with Crippen LogP contribution in [0.3, 0.4) is 0 Å². The summed E-state index contributed by atoms with van der Waals surface area (Å²) in [7, 11) is -3.10. The van der Waals surface area contributed by atoms with Crippen LogP contribution in [0.15, 0.2) is 79.1 Å². The fourth-order valence-corrected chi connectivity index (χ4v) is 7.96. The van der Waals surface area contributed by atoms with Crippen LogP contribution in [0.1, 0.15) is 74.7 Å². The van der Waals surface area contributed by atoms with Gasteiger partial charge in [-0.3, -0.25) is 24.3 Å². The molecule has 3 atom stereocenters. The van der Waals surface area contributed by atoms with Crippen LogP contribution in [0.25, 0.3) is 0 Å². The highest BCUT2D eigenvalue weighted by molar-refractivity contribution is 7.90. The average Bonchev–Trinajstić information content (AvgIpc) is 3.67.